The summed E-state index contributed by atoms with van der Waals surface area (Å²) < 4.78 is 3.06. The molecule has 0 aliphatic heterocycles. The summed E-state index contributed by atoms with van der Waals surface area (Å²) in [5.74, 6) is 0.661. The summed E-state index contributed by atoms with van der Waals surface area (Å²) in [6.07, 6.45) is 4.17. The van der Waals surface area contributed by atoms with Crippen LogP contribution in [-0.2, 0) is 6.42 Å². The number of hydrogen-bond acceptors (Lipinski definition) is 4. The normalized spacial score (nSPS) is 12.9. The highest BCUT2D eigenvalue weighted by Gasteiger charge is 2.11. The number of hydrogen-bond donors (Lipinski definition) is 1. The second-order valence-corrected chi connectivity index (χ2v) is 7.21. The lowest BCUT2D eigenvalue weighted by atomic mass is 10.2. The van der Waals surface area contributed by atoms with Crippen molar-refractivity contribution < 1.29 is 5.11 Å². The fourth-order valence-corrected chi connectivity index (χ4v) is 4.14. The summed E-state index contributed by atoms with van der Waals surface area (Å²) in [6, 6.07) is 8.05. The number of thioether (sulfide) groups is 1. The minimum atomic E-state index is -0.392. The Morgan fingerprint density at radius 2 is 2.25 bits per heavy atom. The van der Waals surface area contributed by atoms with E-state index in [-0.39, 0.29) is 0 Å². The highest BCUT2D eigenvalue weighted by molar-refractivity contribution is 9.10. The summed E-state index contributed by atoms with van der Waals surface area (Å²) in [5.41, 5.74) is 0.942. The second kappa shape index (κ2) is 6.30. The van der Waals surface area contributed by atoms with Gasteiger partial charge in [0.1, 0.15) is 0 Å². The number of aromatic nitrogens is 2. The third kappa shape index (κ3) is 3.25. The predicted octanol–water partition coefficient (Wildman–Crippen LogP) is 3.85. The Morgan fingerprint density at radius 1 is 1.40 bits per heavy atom. The van der Waals surface area contributed by atoms with Crippen LogP contribution >= 0.6 is 39.0 Å². The van der Waals surface area contributed by atoms with Gasteiger partial charge in [-0.3, -0.25) is 4.40 Å². The summed E-state index contributed by atoms with van der Waals surface area (Å²) in [7, 11) is 0. The highest BCUT2D eigenvalue weighted by atomic mass is 79.9. The molecule has 0 aliphatic carbocycles. The lowest BCUT2D eigenvalue weighted by Crippen LogP contribution is -2.13. The number of halogens is 1. The molecule has 2 heterocycles. The molecule has 0 spiro atoms. The molecule has 0 radical (unpaired) electrons. The summed E-state index contributed by atoms with van der Waals surface area (Å²) >= 11 is 6.78. The van der Waals surface area contributed by atoms with Crippen molar-refractivity contribution in [2.24, 2.45) is 0 Å². The van der Waals surface area contributed by atoms with E-state index in [4.69, 9.17) is 0 Å². The van der Waals surface area contributed by atoms with E-state index in [1.165, 1.54) is 0 Å². The third-order valence-electron chi connectivity index (χ3n) is 2.86. The quantitative estimate of drug-likeness (QED) is 0.694. The molecule has 6 heteroatoms. The van der Waals surface area contributed by atoms with Crippen molar-refractivity contribution in [1.29, 1.82) is 0 Å². The maximum absolute atomic E-state index is 10.1. The van der Waals surface area contributed by atoms with E-state index >= 15 is 0 Å². The smallest absolute Gasteiger partial charge is 0.193 e. The van der Waals surface area contributed by atoms with Gasteiger partial charge in [-0.05, 0) is 28.1 Å². The Balaban J connectivity index is 1.58. The molecule has 0 fully saturated rings. The topological polar surface area (TPSA) is 37.5 Å². The van der Waals surface area contributed by atoms with Gasteiger partial charge in [-0.15, -0.1) is 23.1 Å². The van der Waals surface area contributed by atoms with Crippen LogP contribution in [0.25, 0.3) is 4.96 Å². The number of benzene rings is 1. The van der Waals surface area contributed by atoms with Gasteiger partial charge in [0.2, 0.25) is 0 Å². The van der Waals surface area contributed by atoms with E-state index < -0.39 is 6.10 Å². The zero-order valence-corrected chi connectivity index (χ0v) is 13.8. The molecule has 1 unspecified atom stereocenters. The number of imidazole rings is 1. The maximum atomic E-state index is 10.1. The summed E-state index contributed by atoms with van der Waals surface area (Å²) in [5, 5.41) is 12.1. The molecule has 0 bridgehead atoms. The molecule has 3 rings (SSSR count). The van der Waals surface area contributed by atoms with E-state index in [0.29, 0.717) is 12.2 Å². The lowest BCUT2D eigenvalue weighted by molar-refractivity contribution is 0.199. The van der Waals surface area contributed by atoms with Gasteiger partial charge < -0.3 is 5.11 Å². The van der Waals surface area contributed by atoms with Gasteiger partial charge in [0.15, 0.2) is 4.96 Å². The Hall–Kier alpha value is -0.820. The van der Waals surface area contributed by atoms with Crippen LogP contribution in [0.3, 0.4) is 0 Å². The van der Waals surface area contributed by atoms with Crippen LogP contribution < -0.4 is 0 Å². The van der Waals surface area contributed by atoms with Crippen LogP contribution in [-0.4, -0.2) is 26.3 Å². The van der Waals surface area contributed by atoms with Gasteiger partial charge in [0.05, 0.1) is 11.8 Å². The highest BCUT2D eigenvalue weighted by Crippen LogP contribution is 2.27. The predicted molar refractivity (Wildman–Crippen MR) is 87.6 cm³/mol. The number of aliphatic hydroxyl groups excluding tert-OH is 1. The van der Waals surface area contributed by atoms with E-state index in [9.17, 15) is 5.11 Å². The van der Waals surface area contributed by atoms with E-state index in [2.05, 4.69) is 20.9 Å². The molecule has 3 aromatic rings. The molecular formula is C14H13BrN2OS2. The van der Waals surface area contributed by atoms with Gasteiger partial charge in [-0.25, -0.2) is 4.98 Å². The minimum Gasteiger partial charge on any atom is -0.392 e. The van der Waals surface area contributed by atoms with Crippen molar-refractivity contribution in [3.63, 3.8) is 0 Å². The van der Waals surface area contributed by atoms with Crippen molar-refractivity contribution in [3.8, 4) is 0 Å². The van der Waals surface area contributed by atoms with Crippen molar-refractivity contribution in [2.75, 3.05) is 5.75 Å². The Morgan fingerprint density at radius 3 is 3.05 bits per heavy atom. The zero-order chi connectivity index (χ0) is 13.9. The second-order valence-electron chi connectivity index (χ2n) is 4.42. The standard InChI is InChI=1S/C14H13BrN2OS2/c15-12-3-1-2-4-13(12)20-9-11(18)7-10-8-17-5-6-19-14(17)16-10/h1-6,8,11,18H,7,9H2. The molecule has 3 nitrogen and oxygen atoms in total. The number of thiazole rings is 1. The van der Waals surface area contributed by atoms with Crippen molar-refractivity contribution in [2.45, 2.75) is 17.4 Å². The minimum absolute atomic E-state index is 0.392. The average Bonchev–Trinajstić information content (AvgIpc) is 2.98. The Kier molecular flexibility index (Phi) is 4.45. The molecule has 20 heavy (non-hydrogen) atoms. The molecular weight excluding hydrogens is 356 g/mol. The molecule has 1 atom stereocenters. The van der Waals surface area contributed by atoms with Crippen LogP contribution in [0.1, 0.15) is 5.69 Å². The number of fused-ring (bicyclic) bond motifs is 1. The number of rotatable bonds is 5. The van der Waals surface area contributed by atoms with Crippen LogP contribution in [0.15, 0.2) is 51.4 Å². The first kappa shape index (κ1) is 14.1. The van der Waals surface area contributed by atoms with Crippen LogP contribution in [0, 0.1) is 0 Å². The zero-order valence-electron chi connectivity index (χ0n) is 10.6. The van der Waals surface area contributed by atoms with Crippen LogP contribution in [0.5, 0.6) is 0 Å². The molecule has 1 N–H and O–H groups in total. The first-order chi connectivity index (χ1) is 9.72. The first-order valence-electron chi connectivity index (χ1n) is 6.19. The van der Waals surface area contributed by atoms with E-state index in [0.717, 1.165) is 20.0 Å². The van der Waals surface area contributed by atoms with E-state index in [1.54, 1.807) is 23.1 Å². The van der Waals surface area contributed by atoms with Crippen LogP contribution in [0.2, 0.25) is 0 Å². The SMILES string of the molecule is OC(CSc1ccccc1Br)Cc1cn2ccsc2n1. The molecule has 2 aromatic heterocycles. The van der Waals surface area contributed by atoms with Gasteiger partial charge in [-0.2, -0.15) is 0 Å². The lowest BCUT2D eigenvalue weighted by Gasteiger charge is -2.09. The van der Waals surface area contributed by atoms with Crippen molar-refractivity contribution >= 4 is 44.0 Å². The average molecular weight is 369 g/mol. The Labute approximate surface area is 133 Å². The third-order valence-corrected chi connectivity index (χ3v) is 5.80. The van der Waals surface area contributed by atoms with Crippen LogP contribution in [0.4, 0.5) is 0 Å². The fourth-order valence-electron chi connectivity index (χ4n) is 1.92. The Bertz CT molecular complexity index is 681. The molecule has 1 aromatic carbocycles. The van der Waals surface area contributed by atoms with Gasteiger partial charge in [0, 0.05) is 39.3 Å². The molecule has 0 saturated heterocycles. The summed E-state index contributed by atoms with van der Waals surface area (Å²) in [4.78, 5) is 6.62. The van der Waals surface area contributed by atoms with Crippen molar-refractivity contribution in [1.82, 2.24) is 9.38 Å². The summed E-state index contributed by atoms with van der Waals surface area (Å²) in [6.45, 7) is 0. The molecule has 0 saturated carbocycles. The first-order valence-corrected chi connectivity index (χ1v) is 8.84. The van der Waals surface area contributed by atoms with Gasteiger partial charge in [-0.1, -0.05) is 12.1 Å². The number of nitrogens with zero attached hydrogens (tertiary/aromatic N) is 2. The monoisotopic (exact) mass is 368 g/mol. The van der Waals surface area contributed by atoms with Gasteiger partial charge in [0.25, 0.3) is 0 Å². The number of aliphatic hydroxyl groups is 1. The maximum Gasteiger partial charge on any atom is 0.193 e. The largest absolute Gasteiger partial charge is 0.392 e. The van der Waals surface area contributed by atoms with E-state index in [1.807, 2.05) is 46.4 Å². The fraction of sp³-hybridized carbons (Fsp3) is 0.214. The van der Waals surface area contributed by atoms with Gasteiger partial charge >= 0.3 is 0 Å². The molecule has 0 aliphatic rings. The molecule has 0 amide bonds. The van der Waals surface area contributed by atoms with Crippen molar-refractivity contribution in [3.05, 3.63) is 52.2 Å². The molecule has 104 valence electrons.